The van der Waals surface area contributed by atoms with E-state index in [1.54, 1.807) is 19.1 Å². The predicted molar refractivity (Wildman–Crippen MR) is 129 cm³/mol. The zero-order chi connectivity index (χ0) is 25.8. The number of nitrogens with two attached hydrogens (primary N) is 1. The molecule has 0 radical (unpaired) electrons. The van der Waals surface area contributed by atoms with Crippen LogP contribution in [-0.4, -0.2) is 42.0 Å². The van der Waals surface area contributed by atoms with Crippen molar-refractivity contribution in [3.05, 3.63) is 63.9 Å². The van der Waals surface area contributed by atoms with Crippen molar-refractivity contribution < 1.29 is 34.1 Å². The smallest absolute Gasteiger partial charge is 0.308 e. The fraction of sp³-hybridized carbons (Fsp3) is 0.269. The number of fused-ring (bicyclic) bond motifs is 3. The number of amides is 1. The summed E-state index contributed by atoms with van der Waals surface area (Å²) in [5, 5.41) is 22.3. The number of aliphatic hydroxyl groups excluding tert-OH is 1. The first kappa shape index (κ1) is 23.9. The number of ketones is 1. The van der Waals surface area contributed by atoms with Gasteiger partial charge in [0.05, 0.1) is 16.9 Å². The van der Waals surface area contributed by atoms with E-state index >= 15 is 0 Å². The molecule has 0 bridgehead atoms. The summed E-state index contributed by atoms with van der Waals surface area (Å²) in [4.78, 5) is 39.3. The highest BCUT2D eigenvalue weighted by molar-refractivity contribution is 6.18. The Morgan fingerprint density at radius 3 is 2.34 bits per heavy atom. The number of primary amides is 1. The number of phenols is 1. The Kier molecular flexibility index (Phi) is 5.80. The molecule has 9 nitrogen and oxygen atoms in total. The fourth-order valence-corrected chi connectivity index (χ4v) is 4.90. The average molecular weight is 479 g/mol. The van der Waals surface area contributed by atoms with Crippen LogP contribution in [0, 0.1) is 5.92 Å². The molecule has 2 aromatic carbocycles. The highest BCUT2D eigenvalue weighted by Crippen LogP contribution is 2.49. The number of aromatic hydroxyl groups is 1. The lowest BCUT2D eigenvalue weighted by molar-refractivity contribution is -0.131. The van der Waals surface area contributed by atoms with Crippen molar-refractivity contribution in [2.75, 3.05) is 19.0 Å². The average Bonchev–Trinajstić information content (AvgIpc) is 2.71. The topological polar surface area (TPSA) is 139 Å². The maximum absolute atomic E-state index is 13.6. The van der Waals surface area contributed by atoms with Crippen LogP contribution in [-0.2, 0) is 17.6 Å². The molecule has 0 fully saturated rings. The number of hydrogen-bond donors (Lipinski definition) is 3. The molecule has 0 spiro atoms. The molecule has 0 heterocycles. The van der Waals surface area contributed by atoms with Gasteiger partial charge in [-0.15, -0.1) is 0 Å². The van der Waals surface area contributed by atoms with E-state index in [0.717, 1.165) is 11.3 Å². The standard InChI is InChI=1S/C26H26N2O7/c1-11(2)34-18-10-14-8-13-9-15-16(28(4)5)6-7-17(35-12(3)29)21(15)24(31)19(13)23(30)20(14)25(32)22(18)26(27)33/h6-7,10,13,31-32H,1,8-9H2,2-5H3,(H2,27,33)/t13-/m1/s1. The number of carbonyl (C=O) groups is 3. The highest BCUT2D eigenvalue weighted by atomic mass is 16.5. The third kappa shape index (κ3) is 3.88. The van der Waals surface area contributed by atoms with Gasteiger partial charge in [-0.3, -0.25) is 14.4 Å². The summed E-state index contributed by atoms with van der Waals surface area (Å²) in [6, 6.07) is 4.86. The Morgan fingerprint density at radius 1 is 1.09 bits per heavy atom. The van der Waals surface area contributed by atoms with E-state index in [9.17, 15) is 24.6 Å². The molecule has 0 aliphatic heterocycles. The van der Waals surface area contributed by atoms with Crippen LogP contribution in [0.1, 0.15) is 51.3 Å². The second-order valence-corrected chi connectivity index (χ2v) is 8.92. The molecule has 0 saturated carbocycles. The molecule has 2 aliphatic rings. The summed E-state index contributed by atoms with van der Waals surface area (Å²) < 4.78 is 10.9. The van der Waals surface area contributed by atoms with Gasteiger partial charge in [0.1, 0.15) is 28.6 Å². The Hall–Kier alpha value is -4.27. The second kappa shape index (κ2) is 8.50. The first-order valence-corrected chi connectivity index (χ1v) is 10.9. The molecule has 0 aromatic heterocycles. The number of esters is 1. The molecule has 35 heavy (non-hydrogen) atoms. The number of aliphatic hydroxyl groups is 1. The summed E-state index contributed by atoms with van der Waals surface area (Å²) in [6.07, 6.45) is 0.654. The molecule has 0 saturated heterocycles. The number of nitrogens with zero attached hydrogens (tertiary/aromatic N) is 1. The van der Waals surface area contributed by atoms with E-state index in [4.69, 9.17) is 15.2 Å². The van der Waals surface area contributed by atoms with Crippen molar-refractivity contribution in [2.45, 2.75) is 26.7 Å². The number of carbonyl (C=O) groups excluding carboxylic acids is 3. The van der Waals surface area contributed by atoms with E-state index in [1.165, 1.54) is 13.0 Å². The van der Waals surface area contributed by atoms with Gasteiger partial charge in [-0.05, 0) is 55.0 Å². The van der Waals surface area contributed by atoms with E-state index < -0.39 is 29.3 Å². The van der Waals surface area contributed by atoms with Gasteiger partial charge < -0.3 is 30.3 Å². The number of allylic oxidation sites excluding steroid dienone is 2. The van der Waals surface area contributed by atoms with Gasteiger partial charge in [-0.1, -0.05) is 6.58 Å². The molecule has 4 rings (SSSR count). The zero-order valence-electron chi connectivity index (χ0n) is 19.9. The Morgan fingerprint density at radius 2 is 1.77 bits per heavy atom. The van der Waals surface area contributed by atoms with Gasteiger partial charge in [0.15, 0.2) is 5.78 Å². The normalized spacial score (nSPS) is 16.1. The maximum Gasteiger partial charge on any atom is 0.308 e. The zero-order valence-corrected chi connectivity index (χ0v) is 19.9. The minimum atomic E-state index is -0.976. The van der Waals surface area contributed by atoms with Crippen LogP contribution < -0.4 is 20.1 Å². The summed E-state index contributed by atoms with van der Waals surface area (Å²) in [7, 11) is 3.70. The monoisotopic (exact) mass is 478 g/mol. The number of benzene rings is 2. The lowest BCUT2D eigenvalue weighted by Gasteiger charge is -2.35. The summed E-state index contributed by atoms with van der Waals surface area (Å²) >= 11 is 0. The summed E-state index contributed by atoms with van der Waals surface area (Å²) in [6.45, 7) is 6.48. The quantitative estimate of drug-likeness (QED) is 0.338. The maximum atomic E-state index is 13.6. The third-order valence-corrected chi connectivity index (χ3v) is 6.15. The molecule has 2 aromatic rings. The van der Waals surface area contributed by atoms with Crippen LogP contribution in [0.3, 0.4) is 0 Å². The van der Waals surface area contributed by atoms with Crippen LogP contribution in [0.15, 0.2) is 36.1 Å². The first-order valence-electron chi connectivity index (χ1n) is 10.9. The summed E-state index contributed by atoms with van der Waals surface area (Å²) in [5.74, 6) is -3.13. The van der Waals surface area contributed by atoms with Crippen molar-refractivity contribution in [1.29, 1.82) is 0 Å². The van der Waals surface area contributed by atoms with Gasteiger partial charge in [-0.25, -0.2) is 0 Å². The van der Waals surface area contributed by atoms with E-state index in [2.05, 4.69) is 6.58 Å². The number of Topliss-reactive ketones (excluding diaryl/α,β-unsaturated/α-hetero) is 1. The lowest BCUT2D eigenvalue weighted by Crippen LogP contribution is -2.31. The minimum absolute atomic E-state index is 0.00744. The van der Waals surface area contributed by atoms with Gasteiger partial charge in [0.25, 0.3) is 5.91 Å². The molecule has 182 valence electrons. The van der Waals surface area contributed by atoms with Crippen LogP contribution >= 0.6 is 0 Å². The van der Waals surface area contributed by atoms with Gasteiger partial charge in [0.2, 0.25) is 0 Å². The van der Waals surface area contributed by atoms with Crippen molar-refractivity contribution in [1.82, 2.24) is 0 Å². The third-order valence-electron chi connectivity index (χ3n) is 6.15. The number of anilines is 1. The number of hydrogen-bond acceptors (Lipinski definition) is 8. The molecule has 1 atom stereocenters. The van der Waals surface area contributed by atoms with Gasteiger partial charge >= 0.3 is 5.97 Å². The van der Waals surface area contributed by atoms with Crippen LogP contribution in [0.25, 0.3) is 5.76 Å². The van der Waals surface area contributed by atoms with E-state index in [0.29, 0.717) is 12.0 Å². The van der Waals surface area contributed by atoms with E-state index in [-0.39, 0.29) is 51.7 Å². The Labute approximate surface area is 202 Å². The molecule has 0 unspecified atom stereocenters. The first-order chi connectivity index (χ1) is 16.4. The summed E-state index contributed by atoms with van der Waals surface area (Å²) in [5.41, 5.74) is 7.33. The van der Waals surface area contributed by atoms with Crippen LogP contribution in [0.2, 0.25) is 0 Å². The van der Waals surface area contributed by atoms with Crippen LogP contribution in [0.4, 0.5) is 5.69 Å². The van der Waals surface area contributed by atoms with Gasteiger partial charge in [-0.2, -0.15) is 0 Å². The Balaban J connectivity index is 1.97. The van der Waals surface area contributed by atoms with Crippen molar-refractivity contribution in [3.63, 3.8) is 0 Å². The van der Waals surface area contributed by atoms with Gasteiger partial charge in [0, 0.05) is 32.3 Å². The van der Waals surface area contributed by atoms with Crippen molar-refractivity contribution in [2.24, 2.45) is 11.7 Å². The molecule has 4 N–H and O–H groups in total. The largest absolute Gasteiger partial charge is 0.507 e. The second-order valence-electron chi connectivity index (χ2n) is 8.92. The molecule has 9 heteroatoms. The minimum Gasteiger partial charge on any atom is -0.507 e. The molecular formula is C26H26N2O7. The lowest BCUT2D eigenvalue weighted by atomic mass is 9.70. The molecule has 2 aliphatic carbocycles. The van der Waals surface area contributed by atoms with Crippen LogP contribution in [0.5, 0.6) is 17.2 Å². The van der Waals surface area contributed by atoms with Crippen molar-refractivity contribution >= 4 is 29.1 Å². The number of ether oxygens (including phenoxy) is 2. The SMILES string of the molecule is C=C(C)Oc1cc2c(c(O)c1C(N)=O)C(=O)C1=C(O)c3c(OC(C)=O)ccc(N(C)C)c3C[C@H]1C2. The van der Waals surface area contributed by atoms with E-state index in [1.807, 2.05) is 19.0 Å². The fourth-order valence-electron chi connectivity index (χ4n) is 4.90. The predicted octanol–water partition coefficient (Wildman–Crippen LogP) is 3.28. The Bertz CT molecular complexity index is 1350. The molecule has 1 amide bonds. The van der Waals surface area contributed by atoms with Crippen molar-refractivity contribution in [3.8, 4) is 17.2 Å². The highest BCUT2D eigenvalue weighted by Gasteiger charge is 2.42. The molecular weight excluding hydrogens is 452 g/mol. The number of rotatable bonds is 5.